The van der Waals surface area contributed by atoms with Gasteiger partial charge in [-0.3, -0.25) is 4.79 Å². The molecule has 0 bridgehead atoms. The Kier molecular flexibility index (Phi) is 5.68. The lowest BCUT2D eigenvalue weighted by Crippen LogP contribution is -2.48. The maximum absolute atomic E-state index is 11.9. The Labute approximate surface area is 148 Å². The molecule has 1 saturated carbocycles. The van der Waals surface area contributed by atoms with E-state index in [9.17, 15) is 14.9 Å². The predicted octanol–water partition coefficient (Wildman–Crippen LogP) is 2.34. The Morgan fingerprint density at radius 3 is 2.36 bits per heavy atom. The number of esters is 1. The zero-order chi connectivity index (χ0) is 18.6. The normalized spacial score (nSPS) is 15.6. The molecule has 0 unspecified atom stereocenters. The molecule has 6 heteroatoms. The van der Waals surface area contributed by atoms with E-state index in [1.807, 2.05) is 32.9 Å². The highest BCUT2D eigenvalue weighted by Crippen LogP contribution is 2.39. The van der Waals surface area contributed by atoms with Gasteiger partial charge in [-0.1, -0.05) is 17.7 Å². The third kappa shape index (κ3) is 4.96. The molecule has 25 heavy (non-hydrogen) atoms. The topological polar surface area (TPSA) is 88.4 Å². The van der Waals surface area contributed by atoms with Crippen molar-refractivity contribution in [1.82, 2.24) is 5.32 Å². The minimum Gasteiger partial charge on any atom is -0.481 e. The molecule has 0 radical (unpaired) electrons. The van der Waals surface area contributed by atoms with E-state index >= 15 is 0 Å². The number of aryl methyl sites for hydroxylation is 3. The molecule has 1 aromatic rings. The van der Waals surface area contributed by atoms with Crippen LogP contribution in [0.3, 0.4) is 0 Å². The Bertz CT molecular complexity index is 696. The SMILES string of the molecule is Cc1cc(C)c(OCC(=O)OCC(=O)N[C@](C)(C#N)C2CC2)c(C)c1. The highest BCUT2D eigenvalue weighted by atomic mass is 16.6. The van der Waals surface area contributed by atoms with Gasteiger partial charge in [0.1, 0.15) is 11.3 Å². The van der Waals surface area contributed by atoms with E-state index in [1.54, 1.807) is 6.92 Å². The maximum Gasteiger partial charge on any atom is 0.344 e. The average molecular weight is 344 g/mol. The summed E-state index contributed by atoms with van der Waals surface area (Å²) in [6.45, 7) is 6.82. The first-order valence-electron chi connectivity index (χ1n) is 8.33. The van der Waals surface area contributed by atoms with Crippen molar-refractivity contribution in [2.45, 2.75) is 46.1 Å². The quantitative estimate of drug-likeness (QED) is 0.767. The second kappa shape index (κ2) is 7.56. The molecule has 0 aliphatic heterocycles. The van der Waals surface area contributed by atoms with E-state index in [-0.39, 0.29) is 12.5 Å². The predicted molar refractivity (Wildman–Crippen MR) is 92.0 cm³/mol. The minimum atomic E-state index is -0.893. The van der Waals surface area contributed by atoms with E-state index in [0.717, 1.165) is 29.5 Å². The monoisotopic (exact) mass is 344 g/mol. The molecule has 1 aromatic carbocycles. The van der Waals surface area contributed by atoms with Gasteiger partial charge < -0.3 is 14.8 Å². The van der Waals surface area contributed by atoms with Gasteiger partial charge in [0.25, 0.3) is 5.91 Å². The smallest absolute Gasteiger partial charge is 0.344 e. The van der Waals surface area contributed by atoms with Crippen LogP contribution in [-0.4, -0.2) is 30.6 Å². The number of amides is 1. The van der Waals surface area contributed by atoms with Gasteiger partial charge in [0, 0.05) is 0 Å². The number of nitrogens with zero attached hydrogens (tertiary/aromatic N) is 1. The maximum atomic E-state index is 11.9. The van der Waals surface area contributed by atoms with Crippen molar-refractivity contribution in [1.29, 1.82) is 5.26 Å². The fourth-order valence-electron chi connectivity index (χ4n) is 2.92. The highest BCUT2D eigenvalue weighted by molar-refractivity contribution is 5.81. The van der Waals surface area contributed by atoms with Crippen LogP contribution in [-0.2, 0) is 14.3 Å². The van der Waals surface area contributed by atoms with Crippen molar-refractivity contribution in [3.05, 3.63) is 28.8 Å². The molecule has 2 rings (SSSR count). The molecule has 6 nitrogen and oxygen atoms in total. The van der Waals surface area contributed by atoms with Gasteiger partial charge in [0.2, 0.25) is 0 Å². The average Bonchev–Trinajstić information content (AvgIpc) is 3.37. The van der Waals surface area contributed by atoms with E-state index in [1.165, 1.54) is 0 Å². The summed E-state index contributed by atoms with van der Waals surface area (Å²) in [5.74, 6) is -0.280. The van der Waals surface area contributed by atoms with E-state index in [2.05, 4.69) is 11.4 Å². The molecule has 0 saturated heterocycles. The number of benzene rings is 1. The van der Waals surface area contributed by atoms with Crippen LogP contribution in [0.15, 0.2) is 12.1 Å². The number of carbonyl (C=O) groups excluding carboxylic acids is 2. The molecule has 1 amide bonds. The van der Waals surface area contributed by atoms with Gasteiger partial charge in [-0.25, -0.2) is 4.79 Å². The van der Waals surface area contributed by atoms with Crippen LogP contribution in [0, 0.1) is 38.0 Å². The summed E-state index contributed by atoms with van der Waals surface area (Å²) >= 11 is 0. The number of rotatable bonds is 7. The van der Waals surface area contributed by atoms with Gasteiger partial charge in [0.05, 0.1) is 6.07 Å². The molecule has 1 N–H and O–H groups in total. The third-order valence-electron chi connectivity index (χ3n) is 4.33. The first kappa shape index (κ1) is 18.8. The molecule has 1 atom stereocenters. The molecular weight excluding hydrogens is 320 g/mol. The molecule has 1 fully saturated rings. The second-order valence-electron chi connectivity index (χ2n) is 6.81. The minimum absolute atomic E-state index is 0.174. The van der Waals surface area contributed by atoms with Crippen LogP contribution in [0.4, 0.5) is 0 Å². The summed E-state index contributed by atoms with van der Waals surface area (Å²) in [6.07, 6.45) is 1.85. The van der Waals surface area contributed by atoms with Crippen molar-refractivity contribution in [2.75, 3.05) is 13.2 Å². The number of hydrogen-bond acceptors (Lipinski definition) is 5. The first-order chi connectivity index (χ1) is 11.7. The van der Waals surface area contributed by atoms with Gasteiger partial charge in [-0.2, -0.15) is 5.26 Å². The molecule has 0 heterocycles. The van der Waals surface area contributed by atoms with Crippen LogP contribution in [0.5, 0.6) is 5.75 Å². The zero-order valence-electron chi connectivity index (χ0n) is 15.1. The van der Waals surface area contributed by atoms with Gasteiger partial charge in [0.15, 0.2) is 13.2 Å². The summed E-state index contributed by atoms with van der Waals surface area (Å²) in [6, 6.07) is 6.07. The fraction of sp³-hybridized carbons (Fsp3) is 0.526. The number of carbonyl (C=O) groups is 2. The first-order valence-corrected chi connectivity index (χ1v) is 8.33. The third-order valence-corrected chi connectivity index (χ3v) is 4.33. The van der Waals surface area contributed by atoms with Crippen molar-refractivity contribution < 1.29 is 19.1 Å². The van der Waals surface area contributed by atoms with Gasteiger partial charge in [-0.05, 0) is 57.6 Å². The zero-order valence-corrected chi connectivity index (χ0v) is 15.1. The number of hydrogen-bond donors (Lipinski definition) is 1. The largest absolute Gasteiger partial charge is 0.481 e. The van der Waals surface area contributed by atoms with E-state index in [0.29, 0.717) is 5.75 Å². The number of ether oxygens (including phenoxy) is 2. The highest BCUT2D eigenvalue weighted by Gasteiger charge is 2.43. The summed E-state index contributed by atoms with van der Waals surface area (Å²) in [5.41, 5.74) is 2.11. The second-order valence-corrected chi connectivity index (χ2v) is 6.81. The molecular formula is C19H24N2O4. The Hall–Kier alpha value is -2.55. The molecule has 0 aromatic heterocycles. The van der Waals surface area contributed by atoms with Crippen molar-refractivity contribution in [2.24, 2.45) is 5.92 Å². The summed E-state index contributed by atoms with van der Waals surface area (Å²) in [4.78, 5) is 23.7. The Morgan fingerprint density at radius 1 is 1.24 bits per heavy atom. The van der Waals surface area contributed by atoms with Crippen molar-refractivity contribution in [3.8, 4) is 11.8 Å². The van der Waals surface area contributed by atoms with Crippen molar-refractivity contribution >= 4 is 11.9 Å². The molecule has 1 aliphatic carbocycles. The lowest BCUT2D eigenvalue weighted by atomic mass is 9.98. The van der Waals surface area contributed by atoms with E-state index in [4.69, 9.17) is 9.47 Å². The lowest BCUT2D eigenvalue weighted by molar-refractivity contribution is -0.150. The van der Waals surface area contributed by atoms with Crippen molar-refractivity contribution in [3.63, 3.8) is 0 Å². The summed E-state index contributed by atoms with van der Waals surface area (Å²) in [7, 11) is 0. The summed E-state index contributed by atoms with van der Waals surface area (Å²) in [5, 5.41) is 11.9. The Balaban J connectivity index is 1.79. The van der Waals surface area contributed by atoms with Crippen LogP contribution in [0.1, 0.15) is 36.5 Å². The van der Waals surface area contributed by atoms with Crippen LogP contribution >= 0.6 is 0 Å². The molecule has 1 aliphatic rings. The fourth-order valence-corrected chi connectivity index (χ4v) is 2.92. The van der Waals surface area contributed by atoms with Crippen LogP contribution < -0.4 is 10.1 Å². The van der Waals surface area contributed by atoms with Crippen LogP contribution in [0.25, 0.3) is 0 Å². The number of nitriles is 1. The Morgan fingerprint density at radius 2 is 1.84 bits per heavy atom. The molecule has 134 valence electrons. The standard InChI is InChI=1S/C19H24N2O4/c1-12-7-13(2)18(14(3)8-12)25-10-17(23)24-9-16(22)21-19(4,11-20)15-5-6-15/h7-8,15H,5-6,9-10H2,1-4H3,(H,21,22)/t19-/m1/s1. The van der Waals surface area contributed by atoms with Gasteiger partial charge in [-0.15, -0.1) is 0 Å². The summed E-state index contributed by atoms with van der Waals surface area (Å²) < 4.78 is 10.5. The number of nitrogens with one attached hydrogen (secondary N) is 1. The lowest BCUT2D eigenvalue weighted by Gasteiger charge is -2.22. The van der Waals surface area contributed by atoms with Crippen LogP contribution in [0.2, 0.25) is 0 Å². The van der Waals surface area contributed by atoms with Gasteiger partial charge >= 0.3 is 5.97 Å². The molecule has 0 spiro atoms. The van der Waals surface area contributed by atoms with E-state index < -0.39 is 24.0 Å².